The molecule has 0 atom stereocenters. The summed E-state index contributed by atoms with van der Waals surface area (Å²) in [5, 5.41) is 6.80. The van der Waals surface area contributed by atoms with E-state index in [0.29, 0.717) is 25.2 Å². The molecule has 0 aliphatic rings. The molecule has 0 unspecified atom stereocenters. The fourth-order valence-electron chi connectivity index (χ4n) is 1.13. The van der Waals surface area contributed by atoms with Gasteiger partial charge in [-0.25, -0.2) is 0 Å². The maximum Gasteiger partial charge on any atom is 0.220 e. The fourth-order valence-corrected chi connectivity index (χ4v) is 1.13. The number of amides is 1. The first-order valence-corrected chi connectivity index (χ1v) is 4.77. The van der Waals surface area contributed by atoms with E-state index in [1.165, 1.54) is 0 Å². The number of nitrogens with two attached hydrogens (primary N) is 1. The molecule has 0 aliphatic heterocycles. The molecule has 1 amide bonds. The summed E-state index contributed by atoms with van der Waals surface area (Å²) in [6.45, 7) is 3.24. The molecule has 0 fully saturated rings. The van der Waals surface area contributed by atoms with Crippen LogP contribution in [0.3, 0.4) is 0 Å². The highest BCUT2D eigenvalue weighted by Crippen LogP contribution is 1.96. The van der Waals surface area contributed by atoms with Crippen LogP contribution in [-0.2, 0) is 11.3 Å². The lowest BCUT2D eigenvalue weighted by molar-refractivity contribution is -0.121. The Morgan fingerprint density at radius 2 is 2.50 bits per heavy atom. The van der Waals surface area contributed by atoms with E-state index in [4.69, 9.17) is 5.73 Å². The van der Waals surface area contributed by atoms with Gasteiger partial charge in [0.05, 0.1) is 18.4 Å². The smallest absolute Gasteiger partial charge is 0.220 e. The second-order valence-electron chi connectivity index (χ2n) is 3.14. The van der Waals surface area contributed by atoms with Gasteiger partial charge in [-0.15, -0.1) is 0 Å². The monoisotopic (exact) mass is 196 g/mol. The molecule has 1 aromatic heterocycles. The Labute approximate surface area is 83.3 Å². The number of rotatable bonds is 5. The van der Waals surface area contributed by atoms with Crippen LogP contribution < -0.4 is 11.1 Å². The third kappa shape index (κ3) is 3.47. The van der Waals surface area contributed by atoms with Gasteiger partial charge >= 0.3 is 0 Å². The van der Waals surface area contributed by atoms with E-state index >= 15 is 0 Å². The quantitative estimate of drug-likeness (QED) is 0.715. The summed E-state index contributed by atoms with van der Waals surface area (Å²) in [5.74, 6) is 0.0904. The van der Waals surface area contributed by atoms with Crippen LogP contribution in [0.15, 0.2) is 12.4 Å². The number of nitrogens with one attached hydrogen (secondary N) is 1. The van der Waals surface area contributed by atoms with Gasteiger partial charge in [-0.3, -0.25) is 9.48 Å². The lowest BCUT2D eigenvalue weighted by atomic mass is 10.3. The minimum absolute atomic E-state index is 0.0904. The molecule has 5 nitrogen and oxygen atoms in total. The van der Waals surface area contributed by atoms with Gasteiger partial charge in [-0.05, 0) is 6.42 Å². The van der Waals surface area contributed by atoms with E-state index in [1.807, 2.05) is 6.92 Å². The molecule has 0 aliphatic carbocycles. The number of anilines is 1. The zero-order chi connectivity index (χ0) is 10.4. The Morgan fingerprint density at radius 1 is 1.71 bits per heavy atom. The zero-order valence-electron chi connectivity index (χ0n) is 8.36. The molecule has 3 N–H and O–H groups in total. The summed E-state index contributed by atoms with van der Waals surface area (Å²) in [5.41, 5.74) is 6.13. The predicted molar refractivity (Wildman–Crippen MR) is 54.6 cm³/mol. The third-order valence-electron chi connectivity index (χ3n) is 1.79. The van der Waals surface area contributed by atoms with Gasteiger partial charge in [0.15, 0.2) is 0 Å². The van der Waals surface area contributed by atoms with Crippen LogP contribution in [0.1, 0.15) is 19.8 Å². The number of carbonyl (C=O) groups is 1. The van der Waals surface area contributed by atoms with E-state index in [-0.39, 0.29) is 5.91 Å². The maximum absolute atomic E-state index is 11.1. The lowest BCUT2D eigenvalue weighted by Gasteiger charge is -2.03. The summed E-state index contributed by atoms with van der Waals surface area (Å²) in [7, 11) is 0. The van der Waals surface area contributed by atoms with Crippen molar-refractivity contribution in [1.29, 1.82) is 0 Å². The standard InChI is InChI=1S/C9H16N4O/c1-2-3-9(14)11-4-5-13-7-8(10)6-12-13/h6-7H,2-5,10H2,1H3,(H,11,14). The second-order valence-corrected chi connectivity index (χ2v) is 3.14. The van der Waals surface area contributed by atoms with Crippen LogP contribution in [0.5, 0.6) is 0 Å². The van der Waals surface area contributed by atoms with Crippen LogP contribution in [0.25, 0.3) is 0 Å². The Kier molecular flexibility index (Phi) is 3.97. The van der Waals surface area contributed by atoms with Gasteiger partial charge < -0.3 is 11.1 Å². The van der Waals surface area contributed by atoms with Gasteiger partial charge in [-0.2, -0.15) is 5.10 Å². The van der Waals surface area contributed by atoms with Crippen molar-refractivity contribution in [1.82, 2.24) is 15.1 Å². The van der Waals surface area contributed by atoms with E-state index < -0.39 is 0 Å². The molecule has 78 valence electrons. The van der Waals surface area contributed by atoms with Crippen molar-refractivity contribution in [3.05, 3.63) is 12.4 Å². The first-order valence-electron chi connectivity index (χ1n) is 4.77. The first kappa shape index (κ1) is 10.6. The van der Waals surface area contributed by atoms with Crippen molar-refractivity contribution in [3.8, 4) is 0 Å². The average Bonchev–Trinajstić information content (AvgIpc) is 2.52. The van der Waals surface area contributed by atoms with Gasteiger partial charge in [0.2, 0.25) is 5.91 Å². The Hall–Kier alpha value is -1.52. The molecule has 1 heterocycles. The lowest BCUT2D eigenvalue weighted by Crippen LogP contribution is -2.26. The minimum atomic E-state index is 0.0904. The molecule has 0 bridgehead atoms. The Balaban J connectivity index is 2.18. The number of hydrogen-bond donors (Lipinski definition) is 2. The summed E-state index contributed by atoms with van der Waals surface area (Å²) in [6, 6.07) is 0. The summed E-state index contributed by atoms with van der Waals surface area (Å²) in [6.07, 6.45) is 4.79. The van der Waals surface area contributed by atoms with Gasteiger partial charge in [0, 0.05) is 19.2 Å². The normalized spacial score (nSPS) is 10.1. The van der Waals surface area contributed by atoms with E-state index in [2.05, 4.69) is 10.4 Å². The van der Waals surface area contributed by atoms with E-state index in [0.717, 1.165) is 6.42 Å². The first-order chi connectivity index (χ1) is 6.72. The van der Waals surface area contributed by atoms with Crippen molar-refractivity contribution < 1.29 is 4.79 Å². The largest absolute Gasteiger partial charge is 0.396 e. The highest BCUT2D eigenvalue weighted by atomic mass is 16.1. The molecule has 0 radical (unpaired) electrons. The second kappa shape index (κ2) is 5.26. The predicted octanol–water partition coefficient (Wildman–Crippen LogP) is 0.382. The summed E-state index contributed by atoms with van der Waals surface area (Å²) in [4.78, 5) is 11.1. The van der Waals surface area contributed by atoms with Gasteiger partial charge in [0.1, 0.15) is 0 Å². The van der Waals surface area contributed by atoms with Crippen molar-refractivity contribution in [2.24, 2.45) is 0 Å². The molecule has 0 saturated carbocycles. The Morgan fingerprint density at radius 3 is 3.07 bits per heavy atom. The molecule has 0 saturated heterocycles. The number of carbonyl (C=O) groups excluding carboxylic acids is 1. The number of nitrogen functional groups attached to an aromatic ring is 1. The molecular weight excluding hydrogens is 180 g/mol. The van der Waals surface area contributed by atoms with Crippen LogP contribution in [0.4, 0.5) is 5.69 Å². The van der Waals surface area contributed by atoms with Gasteiger partial charge in [0.25, 0.3) is 0 Å². The molecule has 0 aromatic carbocycles. The minimum Gasteiger partial charge on any atom is -0.396 e. The molecule has 1 rings (SSSR count). The third-order valence-corrected chi connectivity index (χ3v) is 1.79. The number of nitrogens with zero attached hydrogens (tertiary/aromatic N) is 2. The highest BCUT2D eigenvalue weighted by molar-refractivity contribution is 5.75. The van der Waals surface area contributed by atoms with Gasteiger partial charge in [-0.1, -0.05) is 6.92 Å². The molecule has 1 aromatic rings. The van der Waals surface area contributed by atoms with Crippen molar-refractivity contribution in [3.63, 3.8) is 0 Å². The summed E-state index contributed by atoms with van der Waals surface area (Å²) >= 11 is 0. The SMILES string of the molecule is CCCC(=O)NCCn1cc(N)cn1. The van der Waals surface area contributed by atoms with Crippen molar-refractivity contribution in [2.75, 3.05) is 12.3 Å². The van der Waals surface area contributed by atoms with Crippen LogP contribution in [-0.4, -0.2) is 22.2 Å². The Bertz CT molecular complexity index is 295. The maximum atomic E-state index is 11.1. The zero-order valence-corrected chi connectivity index (χ0v) is 8.36. The van der Waals surface area contributed by atoms with Crippen LogP contribution in [0.2, 0.25) is 0 Å². The van der Waals surface area contributed by atoms with Crippen LogP contribution in [0, 0.1) is 0 Å². The number of hydrogen-bond acceptors (Lipinski definition) is 3. The number of aromatic nitrogens is 2. The average molecular weight is 196 g/mol. The molecule has 5 heteroatoms. The molecule has 0 spiro atoms. The van der Waals surface area contributed by atoms with E-state index in [1.54, 1.807) is 17.1 Å². The highest BCUT2D eigenvalue weighted by Gasteiger charge is 1.98. The van der Waals surface area contributed by atoms with Crippen molar-refractivity contribution in [2.45, 2.75) is 26.3 Å². The molecule has 14 heavy (non-hydrogen) atoms. The fraction of sp³-hybridized carbons (Fsp3) is 0.556. The topological polar surface area (TPSA) is 72.9 Å². The van der Waals surface area contributed by atoms with Crippen LogP contribution >= 0.6 is 0 Å². The summed E-state index contributed by atoms with van der Waals surface area (Å²) < 4.78 is 1.71. The molecular formula is C9H16N4O. The van der Waals surface area contributed by atoms with Crippen molar-refractivity contribution >= 4 is 11.6 Å². The van der Waals surface area contributed by atoms with E-state index in [9.17, 15) is 4.79 Å².